The Morgan fingerprint density at radius 2 is 1.93 bits per heavy atom. The highest BCUT2D eigenvalue weighted by molar-refractivity contribution is 6.33. The number of hydrogen-bond donors (Lipinski definition) is 0. The molecule has 0 atom stereocenters. The van der Waals surface area contributed by atoms with E-state index in [-0.39, 0.29) is 0 Å². The summed E-state index contributed by atoms with van der Waals surface area (Å²) in [5, 5.41) is 0.671. The quantitative estimate of drug-likeness (QED) is 0.752. The second kappa shape index (κ2) is 3.76. The van der Waals surface area contributed by atoms with E-state index in [9.17, 15) is 0 Å². The van der Waals surface area contributed by atoms with Gasteiger partial charge in [0, 0.05) is 11.6 Å². The highest BCUT2D eigenvalue weighted by Crippen LogP contribution is 2.30. The molecule has 0 aliphatic heterocycles. The highest BCUT2D eigenvalue weighted by atomic mass is 35.5. The van der Waals surface area contributed by atoms with E-state index >= 15 is 0 Å². The van der Waals surface area contributed by atoms with Crippen LogP contribution < -0.4 is 4.74 Å². The Kier molecular flexibility index (Phi) is 2.46. The number of furan rings is 1. The fraction of sp³-hybridized carbons (Fsp3) is 0.0909. The fourth-order valence-corrected chi connectivity index (χ4v) is 1.46. The molecular formula is C11H9ClO2. The number of rotatable bonds is 2. The van der Waals surface area contributed by atoms with Gasteiger partial charge in [0.1, 0.15) is 5.76 Å². The molecule has 0 aliphatic rings. The van der Waals surface area contributed by atoms with Crippen molar-refractivity contribution in [2.24, 2.45) is 0 Å². The number of ether oxygens (including phenoxy) is 1. The van der Waals surface area contributed by atoms with Crippen LogP contribution >= 0.6 is 11.6 Å². The van der Waals surface area contributed by atoms with Crippen molar-refractivity contribution in [3.8, 4) is 17.3 Å². The van der Waals surface area contributed by atoms with Crippen LogP contribution in [0.15, 0.2) is 40.8 Å². The van der Waals surface area contributed by atoms with E-state index in [0.29, 0.717) is 16.7 Å². The lowest BCUT2D eigenvalue weighted by atomic mass is 10.2. The summed E-state index contributed by atoms with van der Waals surface area (Å²) in [5.74, 6) is 1.20. The average Bonchev–Trinajstić information content (AvgIpc) is 2.67. The van der Waals surface area contributed by atoms with Crippen LogP contribution in [0.5, 0.6) is 5.95 Å². The van der Waals surface area contributed by atoms with Crippen molar-refractivity contribution in [3.05, 3.63) is 41.4 Å². The van der Waals surface area contributed by atoms with Gasteiger partial charge in [0.25, 0.3) is 5.95 Å². The van der Waals surface area contributed by atoms with E-state index in [1.165, 1.54) is 0 Å². The van der Waals surface area contributed by atoms with Gasteiger partial charge < -0.3 is 9.15 Å². The SMILES string of the molecule is COc1ccc(-c2ccccc2Cl)o1. The van der Waals surface area contributed by atoms with Gasteiger partial charge in [-0.05, 0) is 18.2 Å². The van der Waals surface area contributed by atoms with Crippen molar-refractivity contribution >= 4 is 11.6 Å². The summed E-state index contributed by atoms with van der Waals surface area (Å²) in [6.45, 7) is 0. The summed E-state index contributed by atoms with van der Waals surface area (Å²) in [4.78, 5) is 0. The van der Waals surface area contributed by atoms with Crippen LogP contribution in [0.25, 0.3) is 11.3 Å². The molecule has 0 spiro atoms. The molecule has 0 radical (unpaired) electrons. The standard InChI is InChI=1S/C11H9ClO2/c1-13-11-7-6-10(14-11)8-4-2-3-5-9(8)12/h2-7H,1H3. The lowest BCUT2D eigenvalue weighted by Gasteiger charge is -1.99. The van der Waals surface area contributed by atoms with E-state index in [1.807, 2.05) is 30.3 Å². The van der Waals surface area contributed by atoms with Gasteiger partial charge in [0.15, 0.2) is 0 Å². The Morgan fingerprint density at radius 3 is 2.57 bits per heavy atom. The largest absolute Gasteiger partial charge is 0.468 e. The van der Waals surface area contributed by atoms with Crippen LogP contribution in [0.1, 0.15) is 0 Å². The first kappa shape index (κ1) is 9.16. The van der Waals surface area contributed by atoms with Gasteiger partial charge in [-0.25, -0.2) is 0 Å². The first-order valence-electron chi connectivity index (χ1n) is 4.20. The van der Waals surface area contributed by atoms with Crippen molar-refractivity contribution in [2.45, 2.75) is 0 Å². The molecule has 0 aliphatic carbocycles. The summed E-state index contributed by atoms with van der Waals surface area (Å²) >= 11 is 6.01. The summed E-state index contributed by atoms with van der Waals surface area (Å²) in [6, 6.07) is 11.1. The maximum Gasteiger partial charge on any atom is 0.284 e. The first-order valence-corrected chi connectivity index (χ1v) is 4.58. The van der Waals surface area contributed by atoms with Gasteiger partial charge in [-0.2, -0.15) is 0 Å². The van der Waals surface area contributed by atoms with E-state index in [1.54, 1.807) is 13.2 Å². The van der Waals surface area contributed by atoms with Crippen molar-refractivity contribution in [1.82, 2.24) is 0 Å². The molecule has 0 bridgehead atoms. The topological polar surface area (TPSA) is 22.4 Å². The summed E-state index contributed by atoms with van der Waals surface area (Å²) in [6.07, 6.45) is 0. The summed E-state index contributed by atoms with van der Waals surface area (Å²) in [5.41, 5.74) is 0.873. The molecule has 1 heterocycles. The molecule has 72 valence electrons. The Balaban J connectivity index is 2.44. The lowest BCUT2D eigenvalue weighted by molar-refractivity contribution is 0.309. The molecule has 2 aromatic rings. The third kappa shape index (κ3) is 1.61. The predicted molar refractivity (Wildman–Crippen MR) is 55.7 cm³/mol. The highest BCUT2D eigenvalue weighted by Gasteiger charge is 2.07. The van der Waals surface area contributed by atoms with Crippen LogP contribution in [-0.2, 0) is 0 Å². The Morgan fingerprint density at radius 1 is 1.14 bits per heavy atom. The molecule has 2 rings (SSSR count). The average molecular weight is 209 g/mol. The normalized spacial score (nSPS) is 10.1. The third-order valence-electron chi connectivity index (χ3n) is 1.92. The molecule has 2 nitrogen and oxygen atoms in total. The first-order chi connectivity index (χ1) is 6.81. The van der Waals surface area contributed by atoms with Crippen molar-refractivity contribution in [2.75, 3.05) is 7.11 Å². The van der Waals surface area contributed by atoms with Crippen molar-refractivity contribution in [1.29, 1.82) is 0 Å². The molecule has 0 unspecified atom stereocenters. The monoisotopic (exact) mass is 208 g/mol. The maximum atomic E-state index is 6.01. The lowest BCUT2D eigenvalue weighted by Crippen LogP contribution is -1.77. The molecule has 1 aromatic carbocycles. The number of hydrogen-bond acceptors (Lipinski definition) is 2. The van der Waals surface area contributed by atoms with E-state index in [2.05, 4.69) is 0 Å². The molecule has 1 aromatic heterocycles. The molecule has 3 heteroatoms. The van der Waals surface area contributed by atoms with E-state index in [4.69, 9.17) is 20.8 Å². The number of halogens is 1. The molecule has 0 N–H and O–H groups in total. The van der Waals surface area contributed by atoms with E-state index < -0.39 is 0 Å². The fourth-order valence-electron chi connectivity index (χ4n) is 1.24. The van der Waals surface area contributed by atoms with Gasteiger partial charge in [0.2, 0.25) is 0 Å². The van der Waals surface area contributed by atoms with E-state index in [0.717, 1.165) is 5.56 Å². The minimum Gasteiger partial charge on any atom is -0.468 e. The third-order valence-corrected chi connectivity index (χ3v) is 2.25. The number of benzene rings is 1. The van der Waals surface area contributed by atoms with Gasteiger partial charge in [-0.3, -0.25) is 0 Å². The van der Waals surface area contributed by atoms with Crippen molar-refractivity contribution in [3.63, 3.8) is 0 Å². The minimum absolute atomic E-state index is 0.486. The zero-order valence-corrected chi connectivity index (χ0v) is 8.41. The molecule has 0 saturated heterocycles. The van der Waals surface area contributed by atoms with Gasteiger partial charge in [-0.15, -0.1) is 0 Å². The molecule has 0 saturated carbocycles. The summed E-state index contributed by atoms with van der Waals surface area (Å²) < 4.78 is 10.3. The molecular weight excluding hydrogens is 200 g/mol. The summed E-state index contributed by atoms with van der Waals surface area (Å²) in [7, 11) is 1.56. The maximum absolute atomic E-state index is 6.01. The number of methoxy groups -OCH3 is 1. The minimum atomic E-state index is 0.486. The molecule has 14 heavy (non-hydrogen) atoms. The second-order valence-electron chi connectivity index (χ2n) is 2.80. The van der Waals surface area contributed by atoms with Crippen LogP contribution in [0, 0.1) is 0 Å². The predicted octanol–water partition coefficient (Wildman–Crippen LogP) is 3.61. The second-order valence-corrected chi connectivity index (χ2v) is 3.21. The zero-order chi connectivity index (χ0) is 9.97. The Labute approximate surface area is 87.1 Å². The van der Waals surface area contributed by atoms with Gasteiger partial charge >= 0.3 is 0 Å². The van der Waals surface area contributed by atoms with Gasteiger partial charge in [-0.1, -0.05) is 23.7 Å². The zero-order valence-electron chi connectivity index (χ0n) is 7.66. The Hall–Kier alpha value is -1.41. The van der Waals surface area contributed by atoms with Crippen LogP contribution in [-0.4, -0.2) is 7.11 Å². The van der Waals surface area contributed by atoms with Crippen LogP contribution in [0.3, 0.4) is 0 Å². The van der Waals surface area contributed by atoms with Gasteiger partial charge in [0.05, 0.1) is 12.1 Å². The Bertz CT molecular complexity index is 434. The molecule has 0 fully saturated rings. The smallest absolute Gasteiger partial charge is 0.284 e. The van der Waals surface area contributed by atoms with Crippen molar-refractivity contribution < 1.29 is 9.15 Å². The van der Waals surface area contributed by atoms with Crippen LogP contribution in [0.4, 0.5) is 0 Å². The molecule has 0 amide bonds. The van der Waals surface area contributed by atoms with Crippen LogP contribution in [0.2, 0.25) is 5.02 Å².